The van der Waals surface area contributed by atoms with Gasteiger partial charge in [-0.15, -0.1) is 0 Å². The number of Topliss-reactive ketones (excluding diaryl/α,β-unsaturated/α-hetero) is 1. The van der Waals surface area contributed by atoms with Crippen molar-refractivity contribution in [1.29, 1.82) is 0 Å². The van der Waals surface area contributed by atoms with Crippen LogP contribution in [0.1, 0.15) is 38.7 Å². The maximum atomic E-state index is 13.7. The van der Waals surface area contributed by atoms with E-state index >= 15 is 0 Å². The van der Waals surface area contributed by atoms with Crippen LogP contribution >= 0.6 is 0 Å². The number of ketones is 1. The summed E-state index contributed by atoms with van der Waals surface area (Å²) in [5.74, 6) is -3.77. The number of hydrogen-bond acceptors (Lipinski definition) is 9. The first-order valence-electron chi connectivity index (χ1n) is 10.6. The van der Waals surface area contributed by atoms with Crippen molar-refractivity contribution in [3.05, 3.63) is 40.2 Å². The summed E-state index contributed by atoms with van der Waals surface area (Å²) in [7, 11) is 4.02. The number of phenolic OH excluding ortho intramolecular Hbond substituents is 1. The zero-order valence-corrected chi connectivity index (χ0v) is 19.6. The zero-order chi connectivity index (χ0) is 24.4. The third-order valence-electron chi connectivity index (χ3n) is 6.07. The van der Waals surface area contributed by atoms with E-state index in [1.807, 2.05) is 6.92 Å². The van der Waals surface area contributed by atoms with E-state index in [2.05, 4.69) is 5.32 Å². The van der Waals surface area contributed by atoms with Gasteiger partial charge in [0.15, 0.2) is 17.3 Å². The standard InChI is InChI=1S/C24H29NO8/c1-7-33-24(29)18-12(3)25-14-8-11(2)17(23(28)32-6)22(27)20(14)19(18)13-9-15(30-4)21(26)16(10-13)31-5/h9-11,17,19,25-26H,7-8H2,1-6H3/t11-,17+,19-/m1/s1. The number of carbonyl (C=O) groups is 3. The van der Waals surface area contributed by atoms with E-state index in [1.165, 1.54) is 21.3 Å². The lowest BCUT2D eigenvalue weighted by molar-refractivity contribution is -0.151. The highest BCUT2D eigenvalue weighted by molar-refractivity contribution is 6.12. The number of benzene rings is 1. The Balaban J connectivity index is 2.28. The maximum absolute atomic E-state index is 13.7. The molecule has 9 nitrogen and oxygen atoms in total. The molecular formula is C24H29NO8. The molecule has 0 spiro atoms. The highest BCUT2D eigenvalue weighted by atomic mass is 16.5. The molecule has 178 valence electrons. The van der Waals surface area contributed by atoms with Gasteiger partial charge in [0.05, 0.1) is 33.5 Å². The number of dihydropyridines is 1. The Morgan fingerprint density at radius 1 is 1.15 bits per heavy atom. The molecule has 0 saturated carbocycles. The predicted octanol–water partition coefficient (Wildman–Crippen LogP) is 2.59. The highest BCUT2D eigenvalue weighted by Crippen LogP contribution is 2.48. The van der Waals surface area contributed by atoms with E-state index in [4.69, 9.17) is 18.9 Å². The first-order chi connectivity index (χ1) is 15.7. The molecule has 1 aliphatic carbocycles. The molecule has 1 aromatic rings. The summed E-state index contributed by atoms with van der Waals surface area (Å²) in [6, 6.07) is 3.09. The van der Waals surface area contributed by atoms with Crippen LogP contribution in [0.15, 0.2) is 34.7 Å². The SMILES string of the molecule is CCOC(=O)C1=C(C)NC2=C(C(=O)[C@@H](C(=O)OC)[C@H](C)C2)[C@@H]1c1cc(OC)c(O)c(OC)c1. The van der Waals surface area contributed by atoms with E-state index in [0.29, 0.717) is 23.4 Å². The zero-order valence-electron chi connectivity index (χ0n) is 19.6. The maximum Gasteiger partial charge on any atom is 0.336 e. The van der Waals surface area contributed by atoms with Crippen LogP contribution in [0.3, 0.4) is 0 Å². The van der Waals surface area contributed by atoms with Crippen LogP contribution in [0.4, 0.5) is 0 Å². The van der Waals surface area contributed by atoms with Gasteiger partial charge in [-0.1, -0.05) is 6.92 Å². The number of allylic oxidation sites excluding steroid dienone is 3. The number of nitrogens with one attached hydrogen (secondary N) is 1. The lowest BCUT2D eigenvalue weighted by atomic mass is 9.69. The van der Waals surface area contributed by atoms with Gasteiger partial charge >= 0.3 is 11.9 Å². The van der Waals surface area contributed by atoms with Crippen molar-refractivity contribution >= 4 is 17.7 Å². The Labute approximate surface area is 192 Å². The van der Waals surface area contributed by atoms with E-state index in [-0.39, 0.29) is 40.9 Å². The second-order valence-corrected chi connectivity index (χ2v) is 8.03. The average Bonchev–Trinajstić information content (AvgIpc) is 2.78. The van der Waals surface area contributed by atoms with Crippen LogP contribution in [0.5, 0.6) is 17.2 Å². The largest absolute Gasteiger partial charge is 0.502 e. The number of esters is 2. The summed E-state index contributed by atoms with van der Waals surface area (Å²) < 4.78 is 20.8. The van der Waals surface area contributed by atoms with Crippen LogP contribution in [-0.4, -0.2) is 50.8 Å². The molecule has 9 heteroatoms. The van der Waals surface area contributed by atoms with Crippen LogP contribution in [0.25, 0.3) is 0 Å². The average molecular weight is 459 g/mol. The molecule has 0 saturated heterocycles. The summed E-state index contributed by atoms with van der Waals surface area (Å²) in [6.45, 7) is 5.38. The lowest BCUT2D eigenvalue weighted by Gasteiger charge is -2.38. The minimum atomic E-state index is -0.999. The fourth-order valence-corrected chi connectivity index (χ4v) is 4.57. The van der Waals surface area contributed by atoms with Crippen LogP contribution in [-0.2, 0) is 23.9 Å². The molecule has 0 unspecified atom stereocenters. The Kier molecular flexibility index (Phi) is 7.00. The van der Waals surface area contributed by atoms with Crippen molar-refractivity contribution in [2.24, 2.45) is 11.8 Å². The molecule has 3 atom stereocenters. The van der Waals surface area contributed by atoms with E-state index < -0.39 is 29.6 Å². The quantitative estimate of drug-likeness (QED) is 0.488. The molecule has 2 N–H and O–H groups in total. The molecule has 2 aliphatic rings. The second-order valence-electron chi connectivity index (χ2n) is 8.03. The van der Waals surface area contributed by atoms with Crippen molar-refractivity contribution in [1.82, 2.24) is 5.32 Å². The Morgan fingerprint density at radius 2 is 1.76 bits per heavy atom. The molecule has 0 bridgehead atoms. The fourth-order valence-electron chi connectivity index (χ4n) is 4.57. The molecule has 3 rings (SSSR count). The molecular weight excluding hydrogens is 430 g/mol. The summed E-state index contributed by atoms with van der Waals surface area (Å²) in [5.41, 5.74) is 2.17. The third kappa shape index (κ3) is 4.15. The molecule has 0 amide bonds. The summed E-state index contributed by atoms with van der Waals surface area (Å²) in [5, 5.41) is 13.6. The monoisotopic (exact) mass is 459 g/mol. The predicted molar refractivity (Wildman–Crippen MR) is 118 cm³/mol. The van der Waals surface area contributed by atoms with E-state index in [1.54, 1.807) is 26.0 Å². The third-order valence-corrected chi connectivity index (χ3v) is 6.07. The molecule has 1 heterocycles. The Morgan fingerprint density at radius 3 is 2.27 bits per heavy atom. The number of hydrogen-bond donors (Lipinski definition) is 2. The topological polar surface area (TPSA) is 120 Å². The molecule has 33 heavy (non-hydrogen) atoms. The molecule has 1 aliphatic heterocycles. The lowest BCUT2D eigenvalue weighted by Crippen LogP contribution is -2.43. The summed E-state index contributed by atoms with van der Waals surface area (Å²) >= 11 is 0. The highest BCUT2D eigenvalue weighted by Gasteiger charge is 2.47. The van der Waals surface area contributed by atoms with Crippen molar-refractivity contribution < 1.29 is 38.4 Å². The minimum absolute atomic E-state index is 0.118. The van der Waals surface area contributed by atoms with Gasteiger partial charge in [-0.25, -0.2) is 4.79 Å². The van der Waals surface area contributed by atoms with Gasteiger partial charge in [0.2, 0.25) is 5.75 Å². The number of aromatic hydroxyl groups is 1. The molecule has 0 radical (unpaired) electrons. The number of rotatable bonds is 6. The Hall–Kier alpha value is -3.49. The van der Waals surface area contributed by atoms with Gasteiger partial charge in [-0.2, -0.15) is 0 Å². The van der Waals surface area contributed by atoms with E-state index in [0.717, 1.165) is 0 Å². The molecule has 0 aromatic heterocycles. The van der Waals surface area contributed by atoms with Crippen molar-refractivity contribution in [3.63, 3.8) is 0 Å². The molecule has 1 aromatic carbocycles. The smallest absolute Gasteiger partial charge is 0.336 e. The first kappa shape index (κ1) is 24.2. The van der Waals surface area contributed by atoms with Gasteiger partial charge in [-0.3, -0.25) is 9.59 Å². The van der Waals surface area contributed by atoms with Crippen LogP contribution in [0.2, 0.25) is 0 Å². The summed E-state index contributed by atoms with van der Waals surface area (Å²) in [4.78, 5) is 39.2. The number of methoxy groups -OCH3 is 3. The number of carbonyl (C=O) groups excluding carboxylic acids is 3. The van der Waals surface area contributed by atoms with Crippen molar-refractivity contribution in [2.45, 2.75) is 33.1 Å². The van der Waals surface area contributed by atoms with Gasteiger partial charge in [-0.05, 0) is 43.9 Å². The van der Waals surface area contributed by atoms with Gasteiger partial charge < -0.3 is 29.4 Å². The first-order valence-corrected chi connectivity index (χ1v) is 10.6. The van der Waals surface area contributed by atoms with Crippen molar-refractivity contribution in [2.75, 3.05) is 27.9 Å². The van der Waals surface area contributed by atoms with Crippen LogP contribution in [0, 0.1) is 11.8 Å². The minimum Gasteiger partial charge on any atom is -0.502 e. The second kappa shape index (κ2) is 9.56. The normalized spacial score (nSPS) is 22.4. The van der Waals surface area contributed by atoms with E-state index in [9.17, 15) is 19.5 Å². The Bertz CT molecular complexity index is 1030. The van der Waals surface area contributed by atoms with Crippen LogP contribution < -0.4 is 14.8 Å². The fraction of sp³-hybridized carbons (Fsp3) is 0.458. The van der Waals surface area contributed by atoms with Crippen molar-refractivity contribution in [3.8, 4) is 17.2 Å². The summed E-state index contributed by atoms with van der Waals surface area (Å²) in [6.07, 6.45) is 0.414. The number of phenols is 1. The van der Waals surface area contributed by atoms with Gasteiger partial charge in [0, 0.05) is 22.9 Å². The van der Waals surface area contributed by atoms with Gasteiger partial charge in [0.25, 0.3) is 0 Å². The number of ether oxygens (including phenoxy) is 4. The van der Waals surface area contributed by atoms with Gasteiger partial charge in [0.1, 0.15) is 5.92 Å². The molecule has 0 fully saturated rings.